The van der Waals surface area contributed by atoms with Crippen LogP contribution in [0.25, 0.3) is 0 Å². The Balaban J connectivity index is 2.22. The monoisotopic (exact) mass is 216 g/mol. The van der Waals surface area contributed by atoms with Crippen molar-refractivity contribution in [2.45, 2.75) is 46.0 Å². The summed E-state index contributed by atoms with van der Waals surface area (Å²) in [7, 11) is 0. The number of hydrogen-bond acceptors (Lipinski definition) is 4. The van der Waals surface area contributed by atoms with Gasteiger partial charge in [0, 0.05) is 0 Å². The molecule has 0 aromatic carbocycles. The van der Waals surface area contributed by atoms with Crippen molar-refractivity contribution in [2.24, 2.45) is 5.92 Å². The van der Waals surface area contributed by atoms with E-state index in [1.165, 1.54) is 0 Å². The second-order valence-corrected chi connectivity index (χ2v) is 4.73. The first-order chi connectivity index (χ1) is 6.89. The zero-order chi connectivity index (χ0) is 11.5. The summed E-state index contributed by atoms with van der Waals surface area (Å²) in [6, 6.07) is 0. The average molecular weight is 216 g/mol. The summed E-state index contributed by atoms with van der Waals surface area (Å²) < 4.78 is 15.9. The fraction of sp³-hybridized carbons (Fsp3) is 0.909. The Morgan fingerprint density at radius 1 is 1.53 bits per heavy atom. The largest absolute Gasteiger partial charge is 0.465 e. The zero-order valence-corrected chi connectivity index (χ0v) is 9.91. The molecule has 0 radical (unpaired) electrons. The Bertz CT molecular complexity index is 223. The molecule has 1 aliphatic rings. The number of carbonyl (C=O) groups is 1. The van der Waals surface area contributed by atoms with Gasteiger partial charge in [-0.25, -0.2) is 0 Å². The Kier molecular flexibility index (Phi) is 4.11. The van der Waals surface area contributed by atoms with Crippen LogP contribution in [0.1, 0.15) is 34.1 Å². The van der Waals surface area contributed by atoms with Gasteiger partial charge in [-0.15, -0.1) is 0 Å². The van der Waals surface area contributed by atoms with Gasteiger partial charge in [-0.2, -0.15) is 0 Å². The average Bonchev–Trinajstić information content (AvgIpc) is 2.42. The Labute approximate surface area is 90.9 Å². The van der Waals surface area contributed by atoms with E-state index in [1.54, 1.807) is 0 Å². The third-order valence-corrected chi connectivity index (χ3v) is 2.04. The molecule has 1 fully saturated rings. The Morgan fingerprint density at radius 2 is 2.20 bits per heavy atom. The van der Waals surface area contributed by atoms with Crippen molar-refractivity contribution in [1.82, 2.24) is 0 Å². The van der Waals surface area contributed by atoms with Crippen LogP contribution in [0, 0.1) is 5.92 Å². The summed E-state index contributed by atoms with van der Waals surface area (Å²) in [6.07, 6.45) is 0.107. The van der Waals surface area contributed by atoms with Gasteiger partial charge in [-0.05, 0) is 19.8 Å². The molecule has 0 N–H and O–H groups in total. The molecule has 0 aromatic rings. The van der Waals surface area contributed by atoms with Crippen LogP contribution in [0.2, 0.25) is 0 Å². The first-order valence-corrected chi connectivity index (χ1v) is 5.36. The van der Waals surface area contributed by atoms with E-state index in [4.69, 9.17) is 14.2 Å². The van der Waals surface area contributed by atoms with Crippen LogP contribution in [-0.4, -0.2) is 31.1 Å². The molecule has 0 aromatic heterocycles. The fourth-order valence-electron chi connectivity index (χ4n) is 1.37. The molecule has 15 heavy (non-hydrogen) atoms. The van der Waals surface area contributed by atoms with Gasteiger partial charge < -0.3 is 14.2 Å². The second kappa shape index (κ2) is 4.94. The lowest BCUT2D eigenvalue weighted by Gasteiger charge is -2.16. The molecule has 1 heterocycles. The van der Waals surface area contributed by atoms with E-state index < -0.39 is 5.79 Å². The molecule has 0 amide bonds. The fourth-order valence-corrected chi connectivity index (χ4v) is 1.37. The van der Waals surface area contributed by atoms with Crippen molar-refractivity contribution in [1.29, 1.82) is 0 Å². The lowest BCUT2D eigenvalue weighted by Crippen LogP contribution is -2.23. The first-order valence-electron chi connectivity index (χ1n) is 5.36. The summed E-state index contributed by atoms with van der Waals surface area (Å²) in [6.45, 7) is 8.62. The van der Waals surface area contributed by atoms with Gasteiger partial charge in [-0.1, -0.05) is 13.8 Å². The summed E-state index contributed by atoms with van der Waals surface area (Å²) in [4.78, 5) is 11.4. The highest BCUT2D eigenvalue weighted by atomic mass is 16.7. The van der Waals surface area contributed by atoms with Crippen molar-refractivity contribution < 1.29 is 19.0 Å². The molecule has 0 aliphatic carbocycles. The van der Waals surface area contributed by atoms with E-state index >= 15 is 0 Å². The number of rotatable bonds is 4. The first kappa shape index (κ1) is 12.5. The lowest BCUT2D eigenvalue weighted by molar-refractivity contribution is -0.154. The summed E-state index contributed by atoms with van der Waals surface area (Å²) in [5.41, 5.74) is 0. The Hall–Kier alpha value is -0.610. The minimum atomic E-state index is -0.566. The molecule has 0 saturated carbocycles. The molecular weight excluding hydrogens is 196 g/mol. The van der Waals surface area contributed by atoms with Gasteiger partial charge in [0.2, 0.25) is 0 Å². The predicted octanol–water partition coefficient (Wildman–Crippen LogP) is 1.73. The maximum absolute atomic E-state index is 11.4. The number of hydrogen-bond donors (Lipinski definition) is 0. The topological polar surface area (TPSA) is 44.8 Å². The summed E-state index contributed by atoms with van der Waals surface area (Å²) >= 11 is 0. The van der Waals surface area contributed by atoms with Crippen molar-refractivity contribution in [3.63, 3.8) is 0 Å². The molecule has 0 spiro atoms. The second-order valence-electron chi connectivity index (χ2n) is 4.73. The normalized spacial score (nSPS) is 24.5. The highest BCUT2D eigenvalue weighted by molar-refractivity contribution is 5.70. The van der Waals surface area contributed by atoms with E-state index in [0.29, 0.717) is 19.1 Å². The number of ether oxygens (including phenoxy) is 3. The third kappa shape index (κ3) is 4.62. The van der Waals surface area contributed by atoms with Gasteiger partial charge >= 0.3 is 5.97 Å². The van der Waals surface area contributed by atoms with E-state index in [0.717, 1.165) is 0 Å². The van der Waals surface area contributed by atoms with Crippen molar-refractivity contribution in [2.75, 3.05) is 13.2 Å². The third-order valence-electron chi connectivity index (χ3n) is 2.04. The molecule has 1 unspecified atom stereocenters. The maximum Gasteiger partial charge on any atom is 0.308 e. The van der Waals surface area contributed by atoms with E-state index in [2.05, 4.69) is 0 Å². The van der Waals surface area contributed by atoms with Crippen LogP contribution in [0.3, 0.4) is 0 Å². The van der Waals surface area contributed by atoms with Crippen LogP contribution in [0.15, 0.2) is 0 Å². The minimum absolute atomic E-state index is 0.167. The SMILES string of the molecule is CC(C)COC(=O)CC1COC(C)(C)O1. The van der Waals surface area contributed by atoms with Gasteiger partial charge in [-0.3, -0.25) is 4.79 Å². The number of esters is 1. The van der Waals surface area contributed by atoms with Gasteiger partial charge in [0.25, 0.3) is 0 Å². The van der Waals surface area contributed by atoms with Crippen molar-refractivity contribution >= 4 is 5.97 Å². The molecule has 4 heteroatoms. The molecule has 0 bridgehead atoms. The Morgan fingerprint density at radius 3 is 2.67 bits per heavy atom. The van der Waals surface area contributed by atoms with Crippen LogP contribution in [-0.2, 0) is 19.0 Å². The standard InChI is InChI=1S/C11H20O4/c1-8(2)6-13-10(12)5-9-7-14-11(3,4)15-9/h8-9H,5-7H2,1-4H3. The van der Waals surface area contributed by atoms with E-state index in [1.807, 2.05) is 27.7 Å². The smallest absolute Gasteiger partial charge is 0.308 e. The molecule has 1 saturated heterocycles. The molecular formula is C11H20O4. The minimum Gasteiger partial charge on any atom is -0.465 e. The van der Waals surface area contributed by atoms with Gasteiger partial charge in [0.05, 0.1) is 25.7 Å². The molecule has 88 valence electrons. The van der Waals surface area contributed by atoms with E-state index in [-0.39, 0.29) is 18.5 Å². The maximum atomic E-state index is 11.4. The zero-order valence-electron chi connectivity index (χ0n) is 9.91. The van der Waals surface area contributed by atoms with Crippen LogP contribution >= 0.6 is 0 Å². The van der Waals surface area contributed by atoms with E-state index in [9.17, 15) is 4.79 Å². The van der Waals surface area contributed by atoms with Gasteiger partial charge in [0.15, 0.2) is 5.79 Å². The van der Waals surface area contributed by atoms with Gasteiger partial charge in [0.1, 0.15) is 0 Å². The molecule has 1 atom stereocenters. The molecule has 4 nitrogen and oxygen atoms in total. The lowest BCUT2D eigenvalue weighted by atomic mass is 10.2. The van der Waals surface area contributed by atoms with Crippen molar-refractivity contribution in [3.8, 4) is 0 Å². The van der Waals surface area contributed by atoms with Crippen LogP contribution in [0.4, 0.5) is 0 Å². The van der Waals surface area contributed by atoms with Crippen molar-refractivity contribution in [3.05, 3.63) is 0 Å². The quantitative estimate of drug-likeness (QED) is 0.671. The highest BCUT2D eigenvalue weighted by Crippen LogP contribution is 2.24. The predicted molar refractivity (Wildman–Crippen MR) is 55.3 cm³/mol. The molecule has 1 rings (SSSR count). The van der Waals surface area contributed by atoms with Crippen LogP contribution < -0.4 is 0 Å². The highest BCUT2D eigenvalue weighted by Gasteiger charge is 2.34. The number of carbonyl (C=O) groups excluding carboxylic acids is 1. The summed E-state index contributed by atoms with van der Waals surface area (Å²) in [5.74, 6) is -0.413. The summed E-state index contributed by atoms with van der Waals surface area (Å²) in [5, 5.41) is 0. The van der Waals surface area contributed by atoms with Crippen LogP contribution in [0.5, 0.6) is 0 Å². The molecule has 1 aliphatic heterocycles.